The largest absolute Gasteiger partial charge is 0.489 e. The normalized spacial score (nSPS) is 19.5. The smallest absolute Gasteiger partial charge is 0.215 e. The first-order valence-electron chi connectivity index (χ1n) is 11.6. The zero-order valence-corrected chi connectivity index (χ0v) is 18.9. The van der Waals surface area contributed by atoms with E-state index in [1.54, 1.807) is 0 Å². The predicted molar refractivity (Wildman–Crippen MR) is 123 cm³/mol. The molecule has 0 unspecified atom stereocenters. The first kappa shape index (κ1) is 21.7. The number of ketones is 1. The lowest BCUT2D eigenvalue weighted by molar-refractivity contribution is -0.120. The summed E-state index contributed by atoms with van der Waals surface area (Å²) in [5, 5.41) is 0. The Morgan fingerprint density at radius 1 is 1.13 bits per heavy atom. The van der Waals surface area contributed by atoms with Crippen molar-refractivity contribution < 1.29 is 14.3 Å². The van der Waals surface area contributed by atoms with Gasteiger partial charge in [0, 0.05) is 43.3 Å². The number of pyridine rings is 1. The molecule has 1 aliphatic heterocycles. The van der Waals surface area contributed by atoms with Gasteiger partial charge in [-0.2, -0.15) is 0 Å². The van der Waals surface area contributed by atoms with Gasteiger partial charge in [0.15, 0.2) is 0 Å². The minimum atomic E-state index is 0.160. The lowest BCUT2D eigenvalue weighted by Crippen LogP contribution is -2.24. The summed E-state index contributed by atoms with van der Waals surface area (Å²) in [6.07, 6.45) is 5.78. The van der Waals surface area contributed by atoms with Crippen molar-refractivity contribution in [3.05, 3.63) is 48.2 Å². The molecule has 4 rings (SSSR count). The molecule has 1 saturated carbocycles. The van der Waals surface area contributed by atoms with Crippen molar-refractivity contribution in [3.63, 3.8) is 0 Å². The molecule has 0 N–H and O–H groups in total. The highest BCUT2D eigenvalue weighted by Crippen LogP contribution is 2.34. The van der Waals surface area contributed by atoms with Gasteiger partial charge in [0.05, 0.1) is 13.2 Å². The van der Waals surface area contributed by atoms with E-state index in [4.69, 9.17) is 9.47 Å². The second-order valence-electron chi connectivity index (χ2n) is 9.45. The van der Waals surface area contributed by atoms with Gasteiger partial charge in [-0.05, 0) is 48.4 Å². The minimum Gasteiger partial charge on any atom is -0.489 e. The molecule has 5 nitrogen and oxygen atoms in total. The molecule has 31 heavy (non-hydrogen) atoms. The van der Waals surface area contributed by atoms with Crippen LogP contribution in [-0.4, -0.2) is 36.6 Å². The number of ether oxygens (including phenoxy) is 2. The standard InChI is InChI=1S/C26H34N2O3/c1-18(2)17-30-26-15-22(10-12-27-26)28-13-11-24(16-28)31-23-8-6-20(7-9-23)19(3)14-25(29)21-4-5-21/h6-10,12,15,18-19,21,24H,4-5,11,13-14,16-17H2,1-3H3/t19-,24-/m1/s1. The summed E-state index contributed by atoms with van der Waals surface area (Å²) < 4.78 is 12.0. The van der Waals surface area contributed by atoms with Crippen molar-refractivity contribution in [3.8, 4) is 11.6 Å². The number of nitrogens with zero attached hydrogens (tertiary/aromatic N) is 2. The van der Waals surface area contributed by atoms with Gasteiger partial charge in [-0.25, -0.2) is 4.98 Å². The van der Waals surface area contributed by atoms with E-state index in [2.05, 4.69) is 42.8 Å². The van der Waals surface area contributed by atoms with Crippen LogP contribution in [0, 0.1) is 11.8 Å². The summed E-state index contributed by atoms with van der Waals surface area (Å²) in [5.41, 5.74) is 2.34. The van der Waals surface area contributed by atoms with E-state index >= 15 is 0 Å². The summed E-state index contributed by atoms with van der Waals surface area (Å²) in [4.78, 5) is 18.7. The van der Waals surface area contributed by atoms with Crippen molar-refractivity contribution in [2.75, 3.05) is 24.6 Å². The monoisotopic (exact) mass is 422 g/mol. The van der Waals surface area contributed by atoms with Crippen LogP contribution in [0.4, 0.5) is 5.69 Å². The lowest BCUT2D eigenvalue weighted by Gasteiger charge is -2.20. The molecular weight excluding hydrogens is 388 g/mol. The van der Waals surface area contributed by atoms with E-state index in [1.807, 2.05) is 30.5 Å². The molecule has 2 aliphatic rings. The van der Waals surface area contributed by atoms with Crippen LogP contribution < -0.4 is 14.4 Å². The number of benzene rings is 1. The average Bonchev–Trinajstić information content (AvgIpc) is 3.52. The maximum atomic E-state index is 12.1. The highest BCUT2D eigenvalue weighted by Gasteiger charge is 2.30. The van der Waals surface area contributed by atoms with E-state index in [1.165, 1.54) is 5.56 Å². The van der Waals surface area contributed by atoms with Crippen molar-refractivity contribution in [1.29, 1.82) is 0 Å². The Hall–Kier alpha value is -2.56. The molecule has 0 spiro atoms. The van der Waals surface area contributed by atoms with Gasteiger partial charge in [-0.1, -0.05) is 32.9 Å². The third-order valence-corrected chi connectivity index (χ3v) is 6.09. The highest BCUT2D eigenvalue weighted by atomic mass is 16.5. The number of aromatic nitrogens is 1. The Morgan fingerprint density at radius 3 is 2.61 bits per heavy atom. The molecule has 2 fully saturated rings. The first-order chi connectivity index (χ1) is 15.0. The summed E-state index contributed by atoms with van der Waals surface area (Å²) in [6, 6.07) is 12.3. The number of hydrogen-bond donors (Lipinski definition) is 0. The second-order valence-corrected chi connectivity index (χ2v) is 9.45. The van der Waals surface area contributed by atoms with E-state index in [0.29, 0.717) is 36.5 Å². The van der Waals surface area contributed by atoms with E-state index in [0.717, 1.165) is 43.8 Å². The molecule has 1 saturated heterocycles. The molecule has 166 valence electrons. The van der Waals surface area contributed by atoms with Gasteiger partial charge in [-0.15, -0.1) is 0 Å². The molecule has 1 aromatic carbocycles. The number of rotatable bonds is 10. The molecule has 2 aromatic rings. The Labute approximate surface area is 185 Å². The summed E-state index contributed by atoms with van der Waals surface area (Å²) in [5.74, 6) is 3.08. The van der Waals surface area contributed by atoms with E-state index in [-0.39, 0.29) is 12.0 Å². The molecule has 0 amide bonds. The van der Waals surface area contributed by atoms with Gasteiger partial charge in [0.2, 0.25) is 5.88 Å². The topological polar surface area (TPSA) is 51.7 Å². The molecule has 0 bridgehead atoms. The van der Waals surface area contributed by atoms with Crippen LogP contribution in [0.15, 0.2) is 42.6 Å². The van der Waals surface area contributed by atoms with Crippen molar-refractivity contribution >= 4 is 11.5 Å². The Kier molecular flexibility index (Phi) is 6.79. The fourth-order valence-corrected chi connectivity index (χ4v) is 4.04. The predicted octanol–water partition coefficient (Wildman–Crippen LogP) is 5.25. The third-order valence-electron chi connectivity index (χ3n) is 6.09. The number of carbonyl (C=O) groups is 1. The third kappa shape index (κ3) is 5.99. The van der Waals surface area contributed by atoms with Gasteiger partial charge in [-0.3, -0.25) is 4.79 Å². The molecule has 1 aliphatic carbocycles. The number of carbonyl (C=O) groups excluding carboxylic acids is 1. The fraction of sp³-hybridized carbons (Fsp3) is 0.538. The molecule has 0 radical (unpaired) electrons. The van der Waals surface area contributed by atoms with Crippen molar-refractivity contribution in [2.45, 2.75) is 58.5 Å². The summed E-state index contributed by atoms with van der Waals surface area (Å²) in [7, 11) is 0. The summed E-state index contributed by atoms with van der Waals surface area (Å²) >= 11 is 0. The van der Waals surface area contributed by atoms with Crippen LogP contribution in [0.3, 0.4) is 0 Å². The highest BCUT2D eigenvalue weighted by molar-refractivity contribution is 5.83. The number of Topliss-reactive ketones (excluding diaryl/α,β-unsaturated/α-hetero) is 1. The quantitative estimate of drug-likeness (QED) is 0.524. The van der Waals surface area contributed by atoms with Crippen LogP contribution in [-0.2, 0) is 4.79 Å². The molecule has 2 heterocycles. The number of anilines is 1. The number of hydrogen-bond acceptors (Lipinski definition) is 5. The second kappa shape index (κ2) is 9.71. The van der Waals surface area contributed by atoms with E-state index < -0.39 is 0 Å². The van der Waals surface area contributed by atoms with Crippen molar-refractivity contribution in [1.82, 2.24) is 4.98 Å². The average molecular weight is 423 g/mol. The maximum absolute atomic E-state index is 12.1. The first-order valence-corrected chi connectivity index (χ1v) is 11.6. The van der Waals surface area contributed by atoms with Gasteiger partial charge < -0.3 is 14.4 Å². The fourth-order valence-electron chi connectivity index (χ4n) is 4.04. The van der Waals surface area contributed by atoms with Gasteiger partial charge in [0.25, 0.3) is 0 Å². The molecule has 1 aromatic heterocycles. The van der Waals surface area contributed by atoms with Gasteiger partial charge >= 0.3 is 0 Å². The zero-order valence-electron chi connectivity index (χ0n) is 18.9. The summed E-state index contributed by atoms with van der Waals surface area (Å²) in [6.45, 7) is 8.88. The molecular formula is C26H34N2O3. The Morgan fingerprint density at radius 2 is 1.90 bits per heavy atom. The minimum absolute atomic E-state index is 0.160. The van der Waals surface area contributed by atoms with Gasteiger partial charge in [0.1, 0.15) is 17.6 Å². The van der Waals surface area contributed by atoms with Crippen LogP contribution in [0.25, 0.3) is 0 Å². The van der Waals surface area contributed by atoms with Crippen LogP contribution in [0.1, 0.15) is 57.9 Å². The zero-order chi connectivity index (χ0) is 21.8. The van der Waals surface area contributed by atoms with Crippen LogP contribution in [0.2, 0.25) is 0 Å². The van der Waals surface area contributed by atoms with Crippen LogP contribution in [0.5, 0.6) is 11.6 Å². The lowest BCUT2D eigenvalue weighted by atomic mass is 9.94. The van der Waals surface area contributed by atoms with Crippen molar-refractivity contribution in [2.24, 2.45) is 11.8 Å². The Bertz CT molecular complexity index is 876. The molecule has 2 atom stereocenters. The maximum Gasteiger partial charge on any atom is 0.215 e. The van der Waals surface area contributed by atoms with E-state index in [9.17, 15) is 4.79 Å². The Balaban J connectivity index is 1.29. The van der Waals surface area contributed by atoms with Crippen LogP contribution >= 0.6 is 0 Å². The molecule has 5 heteroatoms. The SMILES string of the molecule is CC(C)COc1cc(N2CC[C@@H](Oc3ccc([C@H](C)CC(=O)C4CC4)cc3)C2)ccn1.